The van der Waals surface area contributed by atoms with Crippen molar-refractivity contribution in [2.45, 2.75) is 24.5 Å². The summed E-state index contributed by atoms with van der Waals surface area (Å²) < 4.78 is 5.52. The van der Waals surface area contributed by atoms with Crippen LogP contribution in [0.3, 0.4) is 0 Å². The molecule has 1 aliphatic carbocycles. The third-order valence-electron chi connectivity index (χ3n) is 6.87. The standard InChI is InChI=1S/C31H29NO5/c33-23-15-13-21(14-16-23)20-9-11-22(12-10-20)30(35)29(34)17-18-32-31(36)37-19-28-26-7-3-1-5-24(26)25-6-2-4-8-27(25)28/h1-16,28-30,33-35H,17-19H2,(H,32,36). The fourth-order valence-corrected chi connectivity index (χ4v) is 4.88. The molecule has 1 amide bonds. The Hall–Kier alpha value is -4.13. The lowest BCUT2D eigenvalue weighted by Gasteiger charge is -2.19. The van der Waals surface area contributed by atoms with Crippen molar-refractivity contribution >= 4 is 6.09 Å². The highest BCUT2D eigenvalue weighted by molar-refractivity contribution is 5.79. The van der Waals surface area contributed by atoms with Gasteiger partial charge in [0.05, 0.1) is 6.10 Å². The van der Waals surface area contributed by atoms with Crippen LogP contribution in [0.4, 0.5) is 4.79 Å². The number of hydrogen-bond acceptors (Lipinski definition) is 5. The highest BCUT2D eigenvalue weighted by atomic mass is 16.5. The fourth-order valence-electron chi connectivity index (χ4n) is 4.88. The predicted molar refractivity (Wildman–Crippen MR) is 142 cm³/mol. The summed E-state index contributed by atoms with van der Waals surface area (Å²) in [6.45, 7) is 0.388. The second-order valence-corrected chi connectivity index (χ2v) is 9.22. The van der Waals surface area contributed by atoms with Gasteiger partial charge in [-0.15, -0.1) is 0 Å². The molecule has 2 atom stereocenters. The second-order valence-electron chi connectivity index (χ2n) is 9.22. The molecule has 0 fully saturated rings. The van der Waals surface area contributed by atoms with Crippen molar-refractivity contribution in [1.82, 2.24) is 5.32 Å². The summed E-state index contributed by atoms with van der Waals surface area (Å²) in [5, 5.41) is 33.1. The first kappa shape index (κ1) is 24.6. The molecule has 0 saturated heterocycles. The van der Waals surface area contributed by atoms with E-state index in [-0.39, 0.29) is 31.2 Å². The van der Waals surface area contributed by atoms with Crippen LogP contribution in [-0.2, 0) is 4.74 Å². The predicted octanol–water partition coefficient (Wildman–Crippen LogP) is 5.38. The van der Waals surface area contributed by atoms with E-state index in [1.807, 2.05) is 48.5 Å². The smallest absolute Gasteiger partial charge is 0.407 e. The highest BCUT2D eigenvalue weighted by Gasteiger charge is 2.29. The molecular formula is C31H29NO5. The lowest BCUT2D eigenvalue weighted by molar-refractivity contribution is 0.0137. The third kappa shape index (κ3) is 5.35. The number of carbonyl (C=O) groups is 1. The molecule has 0 spiro atoms. The molecule has 0 radical (unpaired) electrons. The molecule has 4 aromatic rings. The minimum absolute atomic E-state index is 0.0184. The number of amides is 1. The molecule has 0 heterocycles. The Morgan fingerprint density at radius 2 is 1.32 bits per heavy atom. The van der Waals surface area contributed by atoms with Gasteiger partial charge in [-0.05, 0) is 57.5 Å². The molecule has 188 valence electrons. The number of hydrogen-bond donors (Lipinski definition) is 4. The SMILES string of the molecule is O=C(NCCC(O)C(O)c1ccc(-c2ccc(O)cc2)cc1)OCC1c2ccccc2-c2ccccc21. The maximum absolute atomic E-state index is 12.3. The van der Waals surface area contributed by atoms with Crippen LogP contribution >= 0.6 is 0 Å². The van der Waals surface area contributed by atoms with Gasteiger partial charge in [-0.25, -0.2) is 4.79 Å². The lowest BCUT2D eigenvalue weighted by atomic mass is 9.98. The van der Waals surface area contributed by atoms with Crippen LogP contribution in [0.25, 0.3) is 22.3 Å². The van der Waals surface area contributed by atoms with E-state index in [2.05, 4.69) is 29.6 Å². The summed E-state index contributed by atoms with van der Waals surface area (Å²) in [6, 6.07) is 30.4. The molecule has 2 unspecified atom stereocenters. The van der Waals surface area contributed by atoms with Crippen molar-refractivity contribution in [1.29, 1.82) is 0 Å². The van der Waals surface area contributed by atoms with E-state index in [4.69, 9.17) is 4.74 Å². The van der Waals surface area contributed by atoms with E-state index in [1.165, 1.54) is 11.1 Å². The zero-order valence-electron chi connectivity index (χ0n) is 20.2. The number of phenolic OH excluding ortho intramolecular Hbond substituents is 1. The summed E-state index contributed by atoms with van der Waals surface area (Å²) >= 11 is 0. The molecule has 1 aliphatic rings. The number of ether oxygens (including phenoxy) is 1. The molecule has 4 N–H and O–H groups in total. The van der Waals surface area contributed by atoms with E-state index in [9.17, 15) is 20.1 Å². The van der Waals surface area contributed by atoms with E-state index >= 15 is 0 Å². The fraction of sp³-hybridized carbons (Fsp3) is 0.194. The minimum atomic E-state index is -1.09. The Balaban J connectivity index is 1.10. The number of alkyl carbamates (subject to hydrolysis) is 1. The number of phenols is 1. The summed E-state index contributed by atoms with van der Waals surface area (Å²) in [5.74, 6) is 0.181. The van der Waals surface area contributed by atoms with Gasteiger partial charge in [0.2, 0.25) is 0 Å². The Morgan fingerprint density at radius 3 is 1.92 bits per heavy atom. The number of carbonyl (C=O) groups excluding carboxylic acids is 1. The quantitative estimate of drug-likeness (QED) is 0.263. The van der Waals surface area contributed by atoms with Crippen molar-refractivity contribution in [3.8, 4) is 28.0 Å². The summed E-state index contributed by atoms with van der Waals surface area (Å²) in [6.07, 6.45) is -2.51. The van der Waals surface area contributed by atoms with Crippen LogP contribution in [0.1, 0.15) is 35.1 Å². The van der Waals surface area contributed by atoms with Crippen LogP contribution in [0.15, 0.2) is 97.1 Å². The van der Waals surface area contributed by atoms with Crippen molar-refractivity contribution in [3.63, 3.8) is 0 Å². The molecule has 5 rings (SSSR count). The number of rotatable bonds is 8. The number of aliphatic hydroxyl groups excluding tert-OH is 2. The zero-order valence-corrected chi connectivity index (χ0v) is 20.2. The van der Waals surface area contributed by atoms with Crippen LogP contribution in [0, 0.1) is 0 Å². The zero-order chi connectivity index (χ0) is 25.8. The Morgan fingerprint density at radius 1 is 0.784 bits per heavy atom. The number of nitrogens with one attached hydrogen (secondary N) is 1. The molecule has 0 bridgehead atoms. The Labute approximate surface area is 215 Å². The van der Waals surface area contributed by atoms with Crippen molar-refractivity contribution in [2.75, 3.05) is 13.2 Å². The van der Waals surface area contributed by atoms with Crippen molar-refractivity contribution < 1.29 is 24.9 Å². The third-order valence-corrected chi connectivity index (χ3v) is 6.87. The molecule has 4 aromatic carbocycles. The van der Waals surface area contributed by atoms with Gasteiger partial charge in [-0.3, -0.25) is 0 Å². The van der Waals surface area contributed by atoms with Crippen LogP contribution in [0.5, 0.6) is 5.75 Å². The van der Waals surface area contributed by atoms with Crippen LogP contribution in [0.2, 0.25) is 0 Å². The van der Waals surface area contributed by atoms with Gasteiger partial charge in [-0.1, -0.05) is 84.9 Å². The normalized spacial score (nSPS) is 13.9. The molecule has 37 heavy (non-hydrogen) atoms. The number of fused-ring (bicyclic) bond motifs is 3. The van der Waals surface area contributed by atoms with Gasteiger partial charge in [-0.2, -0.15) is 0 Å². The maximum atomic E-state index is 12.3. The van der Waals surface area contributed by atoms with E-state index in [1.54, 1.807) is 24.3 Å². The summed E-state index contributed by atoms with van der Waals surface area (Å²) in [7, 11) is 0. The molecule has 0 aromatic heterocycles. The van der Waals surface area contributed by atoms with Crippen molar-refractivity contribution in [2.24, 2.45) is 0 Å². The van der Waals surface area contributed by atoms with Crippen molar-refractivity contribution in [3.05, 3.63) is 114 Å². The second kappa shape index (κ2) is 10.9. The average molecular weight is 496 g/mol. The monoisotopic (exact) mass is 495 g/mol. The number of aliphatic hydroxyl groups is 2. The van der Waals surface area contributed by atoms with E-state index < -0.39 is 18.3 Å². The topological polar surface area (TPSA) is 99.0 Å². The lowest BCUT2D eigenvalue weighted by Crippen LogP contribution is -2.30. The van der Waals surface area contributed by atoms with Gasteiger partial charge >= 0.3 is 6.09 Å². The Bertz CT molecular complexity index is 1320. The first-order chi connectivity index (χ1) is 18.0. The van der Waals surface area contributed by atoms with E-state index in [0.29, 0.717) is 5.56 Å². The number of benzene rings is 4. The molecule has 0 aliphatic heterocycles. The summed E-state index contributed by atoms with van der Waals surface area (Å²) in [5.41, 5.74) is 7.07. The molecule has 6 nitrogen and oxygen atoms in total. The summed E-state index contributed by atoms with van der Waals surface area (Å²) in [4.78, 5) is 12.3. The first-order valence-electron chi connectivity index (χ1n) is 12.4. The molecule has 0 saturated carbocycles. The largest absolute Gasteiger partial charge is 0.508 e. The van der Waals surface area contributed by atoms with Gasteiger partial charge in [0.1, 0.15) is 18.5 Å². The van der Waals surface area contributed by atoms with Crippen LogP contribution in [-0.4, -0.2) is 40.7 Å². The van der Waals surface area contributed by atoms with Crippen LogP contribution < -0.4 is 5.32 Å². The average Bonchev–Trinajstić information content (AvgIpc) is 3.25. The van der Waals surface area contributed by atoms with Gasteiger partial charge < -0.3 is 25.4 Å². The van der Waals surface area contributed by atoms with Gasteiger partial charge in [0.25, 0.3) is 0 Å². The van der Waals surface area contributed by atoms with Gasteiger partial charge in [0.15, 0.2) is 0 Å². The van der Waals surface area contributed by atoms with E-state index in [0.717, 1.165) is 22.3 Å². The first-order valence-corrected chi connectivity index (χ1v) is 12.4. The highest BCUT2D eigenvalue weighted by Crippen LogP contribution is 2.44. The molecule has 6 heteroatoms. The van der Waals surface area contributed by atoms with Gasteiger partial charge in [0, 0.05) is 12.5 Å². The Kier molecular flexibility index (Phi) is 7.21. The maximum Gasteiger partial charge on any atom is 0.407 e. The minimum Gasteiger partial charge on any atom is -0.508 e. The number of aromatic hydroxyl groups is 1. The molecular weight excluding hydrogens is 466 g/mol.